The van der Waals surface area contributed by atoms with Crippen LogP contribution in [0.5, 0.6) is 0 Å². The van der Waals surface area contributed by atoms with Crippen molar-refractivity contribution in [3.05, 3.63) is 11.6 Å². The minimum atomic E-state index is 0.813. The van der Waals surface area contributed by atoms with E-state index in [-0.39, 0.29) is 0 Å². The summed E-state index contributed by atoms with van der Waals surface area (Å²) >= 11 is 2.58. The summed E-state index contributed by atoms with van der Waals surface area (Å²) in [6.07, 6.45) is 11.5. The highest BCUT2D eigenvalue weighted by atomic mass is 127. The largest absolute Gasteiger partial charge is 0.0861 e. The summed E-state index contributed by atoms with van der Waals surface area (Å²) in [4.78, 5) is 0. The van der Waals surface area contributed by atoms with Crippen LogP contribution in [0, 0.1) is 29.6 Å². The van der Waals surface area contributed by atoms with E-state index < -0.39 is 0 Å². The van der Waals surface area contributed by atoms with Crippen LogP contribution in [0.15, 0.2) is 11.6 Å². The van der Waals surface area contributed by atoms with E-state index in [9.17, 15) is 0 Å². The van der Waals surface area contributed by atoms with Crippen LogP contribution in [0.4, 0.5) is 0 Å². The molecule has 3 atom stereocenters. The molecular weight excluding hydrogens is 331 g/mol. The third kappa shape index (κ3) is 3.52. The van der Waals surface area contributed by atoms with E-state index in [1.165, 1.54) is 43.0 Å². The fraction of sp³-hybridized carbons (Fsp3) is 0.882. The molecule has 104 valence electrons. The molecule has 0 heterocycles. The molecule has 1 fully saturated rings. The van der Waals surface area contributed by atoms with E-state index in [1.54, 1.807) is 0 Å². The Morgan fingerprint density at radius 3 is 2.50 bits per heavy atom. The fourth-order valence-corrected chi connectivity index (χ4v) is 5.12. The van der Waals surface area contributed by atoms with Gasteiger partial charge in [0, 0.05) is 4.43 Å². The van der Waals surface area contributed by atoms with Crippen LogP contribution in [0.2, 0.25) is 0 Å². The SMILES string of the molecule is CC(C)C1CC(CI)C(C)C=C1CC1CCCC1. The van der Waals surface area contributed by atoms with Gasteiger partial charge >= 0.3 is 0 Å². The molecule has 0 aliphatic heterocycles. The van der Waals surface area contributed by atoms with Gasteiger partial charge in [0.05, 0.1) is 0 Å². The number of hydrogen-bond donors (Lipinski definition) is 0. The highest BCUT2D eigenvalue weighted by Gasteiger charge is 2.31. The fourth-order valence-electron chi connectivity index (χ4n) is 3.96. The summed E-state index contributed by atoms with van der Waals surface area (Å²) in [5.41, 5.74) is 1.82. The lowest BCUT2D eigenvalue weighted by atomic mass is 9.70. The van der Waals surface area contributed by atoms with Crippen LogP contribution in [0.1, 0.15) is 59.3 Å². The highest BCUT2D eigenvalue weighted by molar-refractivity contribution is 14.1. The average molecular weight is 360 g/mol. The molecule has 18 heavy (non-hydrogen) atoms. The zero-order chi connectivity index (χ0) is 13.1. The molecule has 0 nitrogen and oxygen atoms in total. The van der Waals surface area contributed by atoms with Gasteiger partial charge < -0.3 is 0 Å². The Labute approximate surface area is 127 Å². The van der Waals surface area contributed by atoms with E-state index in [1.807, 2.05) is 5.57 Å². The molecule has 3 unspecified atom stereocenters. The molecule has 2 rings (SSSR count). The van der Waals surface area contributed by atoms with Crippen molar-refractivity contribution in [3.8, 4) is 0 Å². The van der Waals surface area contributed by atoms with E-state index in [4.69, 9.17) is 0 Å². The van der Waals surface area contributed by atoms with Gasteiger partial charge in [0.1, 0.15) is 0 Å². The summed E-state index contributed by atoms with van der Waals surface area (Å²) in [5, 5.41) is 0. The Bertz CT molecular complexity index is 286. The van der Waals surface area contributed by atoms with Gasteiger partial charge in [-0.05, 0) is 42.4 Å². The summed E-state index contributed by atoms with van der Waals surface area (Å²) in [5.74, 6) is 4.46. The normalized spacial score (nSPS) is 34.1. The standard InChI is InChI=1S/C17H29I/c1-12(2)17-10-16(11-18)13(3)8-15(17)9-14-6-4-5-7-14/h8,12-14,16-17H,4-7,9-11H2,1-3H3. The molecule has 1 heteroatoms. The third-order valence-corrected chi connectivity index (χ3v) is 6.39. The zero-order valence-corrected chi connectivity index (χ0v) is 14.4. The highest BCUT2D eigenvalue weighted by Crippen LogP contribution is 2.42. The van der Waals surface area contributed by atoms with Crippen LogP contribution < -0.4 is 0 Å². The molecule has 0 radical (unpaired) electrons. The Balaban J connectivity index is 2.07. The minimum absolute atomic E-state index is 0.813. The van der Waals surface area contributed by atoms with Crippen molar-refractivity contribution in [2.45, 2.75) is 59.3 Å². The maximum atomic E-state index is 2.66. The summed E-state index contributed by atoms with van der Waals surface area (Å²) in [6.45, 7) is 7.29. The Morgan fingerprint density at radius 2 is 1.94 bits per heavy atom. The lowest BCUT2D eigenvalue weighted by molar-refractivity contribution is 0.279. The van der Waals surface area contributed by atoms with Gasteiger partial charge in [-0.15, -0.1) is 0 Å². The molecule has 0 saturated heterocycles. The third-order valence-electron chi connectivity index (χ3n) is 5.26. The van der Waals surface area contributed by atoms with Gasteiger partial charge in [0.15, 0.2) is 0 Å². The second-order valence-corrected chi connectivity index (χ2v) is 7.84. The molecule has 2 aliphatic rings. The smallest absolute Gasteiger partial charge is 0.00294 e. The first-order valence-electron chi connectivity index (χ1n) is 7.88. The van der Waals surface area contributed by atoms with Crippen molar-refractivity contribution >= 4 is 22.6 Å². The Morgan fingerprint density at radius 1 is 1.28 bits per heavy atom. The van der Waals surface area contributed by atoms with Gasteiger partial charge in [-0.2, -0.15) is 0 Å². The topological polar surface area (TPSA) is 0 Å². The molecule has 0 aromatic carbocycles. The van der Waals surface area contributed by atoms with E-state index in [2.05, 4.69) is 49.4 Å². The van der Waals surface area contributed by atoms with Crippen LogP contribution in [0.3, 0.4) is 0 Å². The van der Waals surface area contributed by atoms with Gasteiger partial charge in [0.25, 0.3) is 0 Å². The molecular formula is C17H29I. The van der Waals surface area contributed by atoms with Gasteiger partial charge in [-0.1, -0.05) is 80.7 Å². The van der Waals surface area contributed by atoms with E-state index in [0.717, 1.165) is 29.6 Å². The Hall–Kier alpha value is 0.470. The van der Waals surface area contributed by atoms with Gasteiger partial charge in [0.2, 0.25) is 0 Å². The average Bonchev–Trinajstić information content (AvgIpc) is 2.81. The van der Waals surface area contributed by atoms with Gasteiger partial charge in [-0.25, -0.2) is 0 Å². The maximum absolute atomic E-state index is 2.66. The monoisotopic (exact) mass is 360 g/mol. The van der Waals surface area contributed by atoms with E-state index >= 15 is 0 Å². The zero-order valence-electron chi connectivity index (χ0n) is 12.3. The lowest BCUT2D eigenvalue weighted by Gasteiger charge is -2.36. The quantitative estimate of drug-likeness (QED) is 0.335. The van der Waals surface area contributed by atoms with Crippen molar-refractivity contribution in [3.63, 3.8) is 0 Å². The van der Waals surface area contributed by atoms with Crippen molar-refractivity contribution in [1.82, 2.24) is 0 Å². The number of hydrogen-bond acceptors (Lipinski definition) is 0. The maximum Gasteiger partial charge on any atom is 0.00294 e. The van der Waals surface area contributed by atoms with Crippen LogP contribution in [0.25, 0.3) is 0 Å². The lowest BCUT2D eigenvalue weighted by Crippen LogP contribution is -2.27. The predicted molar refractivity (Wildman–Crippen MR) is 89.1 cm³/mol. The Kier molecular flexibility index (Phi) is 5.59. The molecule has 0 N–H and O–H groups in total. The summed E-state index contributed by atoms with van der Waals surface area (Å²) < 4.78 is 1.33. The van der Waals surface area contributed by atoms with Crippen LogP contribution >= 0.6 is 22.6 Å². The van der Waals surface area contributed by atoms with E-state index in [0.29, 0.717) is 0 Å². The molecule has 0 aromatic heterocycles. The molecule has 1 saturated carbocycles. The first kappa shape index (κ1) is 14.9. The number of alkyl halides is 1. The first-order chi connectivity index (χ1) is 8.61. The predicted octanol–water partition coefficient (Wildman–Crippen LogP) is 5.86. The molecule has 0 amide bonds. The van der Waals surface area contributed by atoms with Crippen molar-refractivity contribution in [1.29, 1.82) is 0 Å². The van der Waals surface area contributed by atoms with Crippen LogP contribution in [-0.4, -0.2) is 4.43 Å². The molecule has 0 aromatic rings. The van der Waals surface area contributed by atoms with Crippen molar-refractivity contribution in [2.75, 3.05) is 4.43 Å². The van der Waals surface area contributed by atoms with Crippen molar-refractivity contribution < 1.29 is 0 Å². The molecule has 2 aliphatic carbocycles. The first-order valence-corrected chi connectivity index (χ1v) is 9.41. The second kappa shape index (κ2) is 6.76. The number of halogens is 1. The number of rotatable bonds is 4. The van der Waals surface area contributed by atoms with Gasteiger partial charge in [-0.3, -0.25) is 0 Å². The molecule has 0 bridgehead atoms. The molecule has 0 spiro atoms. The number of allylic oxidation sites excluding steroid dienone is 2. The van der Waals surface area contributed by atoms with Crippen LogP contribution in [-0.2, 0) is 0 Å². The summed E-state index contributed by atoms with van der Waals surface area (Å²) in [6, 6.07) is 0. The summed E-state index contributed by atoms with van der Waals surface area (Å²) in [7, 11) is 0. The second-order valence-electron chi connectivity index (χ2n) is 6.96. The minimum Gasteiger partial charge on any atom is -0.0861 e. The van der Waals surface area contributed by atoms with Crippen molar-refractivity contribution in [2.24, 2.45) is 29.6 Å².